The molecule has 0 radical (unpaired) electrons. The van der Waals surface area contributed by atoms with Gasteiger partial charge in [0.05, 0.1) is 38.1 Å². The number of methoxy groups -OCH3 is 3. The van der Waals surface area contributed by atoms with Crippen LogP contribution in [0, 0.1) is 5.92 Å². The van der Waals surface area contributed by atoms with Gasteiger partial charge < -0.3 is 19.1 Å². The molecule has 4 aromatic rings. The highest BCUT2D eigenvalue weighted by Gasteiger charge is 2.26. The van der Waals surface area contributed by atoms with E-state index in [9.17, 15) is 0 Å². The minimum Gasteiger partial charge on any atom is -0.497 e. The number of allylic oxidation sites excluding steroid dienone is 6. The molecule has 0 bridgehead atoms. The number of aryl methyl sites for hydroxylation is 1. The molecule has 5 nitrogen and oxygen atoms in total. The van der Waals surface area contributed by atoms with E-state index in [4.69, 9.17) is 14.2 Å². The van der Waals surface area contributed by atoms with Crippen molar-refractivity contribution in [3.8, 4) is 17.2 Å². The third kappa shape index (κ3) is 6.29. The second-order valence-corrected chi connectivity index (χ2v) is 13.5. The molecule has 2 aliphatic rings. The molecule has 0 saturated heterocycles. The Kier molecular flexibility index (Phi) is 9.38. The van der Waals surface area contributed by atoms with Crippen LogP contribution in [0.15, 0.2) is 100.0 Å². The molecule has 45 heavy (non-hydrogen) atoms. The Balaban J connectivity index is 1.44. The number of ether oxygens (including phenoxy) is 3. The summed E-state index contributed by atoms with van der Waals surface area (Å²) in [6.45, 7) is 8.56. The van der Waals surface area contributed by atoms with Crippen molar-refractivity contribution in [1.29, 1.82) is 0 Å². The first-order valence-corrected chi connectivity index (χ1v) is 17.2. The van der Waals surface area contributed by atoms with Crippen LogP contribution in [0.5, 0.6) is 17.2 Å². The van der Waals surface area contributed by atoms with E-state index in [2.05, 4.69) is 103 Å². The lowest BCUT2D eigenvalue weighted by Crippen LogP contribution is -2.33. The average Bonchev–Trinajstić information content (AvgIpc) is 3.61. The van der Waals surface area contributed by atoms with Crippen LogP contribution < -0.4 is 23.7 Å². The summed E-state index contributed by atoms with van der Waals surface area (Å²) in [4.78, 5) is 3.64. The number of benzene rings is 3. The summed E-state index contributed by atoms with van der Waals surface area (Å²) in [5.41, 5.74) is 7.68. The lowest BCUT2D eigenvalue weighted by atomic mass is 9.78. The molecule has 232 valence electrons. The van der Waals surface area contributed by atoms with Gasteiger partial charge in [-0.25, -0.2) is 0 Å². The molecule has 6 rings (SSSR count). The third-order valence-corrected chi connectivity index (χ3v) is 10.8. The summed E-state index contributed by atoms with van der Waals surface area (Å²) in [6.07, 6.45) is 11.4. The lowest BCUT2D eigenvalue weighted by molar-refractivity contribution is -0.665. The molecule has 0 saturated carbocycles. The molecule has 0 amide bonds. The van der Waals surface area contributed by atoms with E-state index < -0.39 is 0 Å². The molecule has 2 heterocycles. The van der Waals surface area contributed by atoms with E-state index in [1.54, 1.807) is 21.3 Å². The zero-order valence-electron chi connectivity index (χ0n) is 26.9. The second kappa shape index (κ2) is 13.6. The zero-order valence-corrected chi connectivity index (χ0v) is 28.6. The topological polar surface area (TPSA) is 34.8 Å². The molecule has 3 aromatic carbocycles. The van der Waals surface area contributed by atoms with Crippen LogP contribution in [-0.4, -0.2) is 27.9 Å². The van der Waals surface area contributed by atoms with Crippen LogP contribution in [0.3, 0.4) is 0 Å². The van der Waals surface area contributed by atoms with Crippen LogP contribution in [0.4, 0.5) is 5.69 Å². The van der Waals surface area contributed by atoms with E-state index in [0.717, 1.165) is 43.2 Å². The van der Waals surface area contributed by atoms with Crippen molar-refractivity contribution >= 4 is 50.7 Å². The smallest absolute Gasteiger partial charge is 0.262 e. The molecular weight excluding hydrogens is 597 g/mol. The van der Waals surface area contributed by atoms with E-state index in [-0.39, 0.29) is 0 Å². The van der Waals surface area contributed by atoms with Crippen molar-refractivity contribution in [3.63, 3.8) is 0 Å². The fraction of sp³-hybridized carbons (Fsp3) is 0.289. The quantitative estimate of drug-likeness (QED) is 0.171. The maximum Gasteiger partial charge on any atom is 0.262 e. The largest absolute Gasteiger partial charge is 0.497 e. The molecule has 0 spiro atoms. The normalized spacial score (nSPS) is 18.4. The first kappa shape index (κ1) is 31.1. The Morgan fingerprint density at radius 2 is 1.56 bits per heavy atom. The van der Waals surface area contributed by atoms with E-state index in [1.807, 2.05) is 35.2 Å². The van der Waals surface area contributed by atoms with E-state index in [1.165, 1.54) is 53.1 Å². The first-order valence-electron chi connectivity index (χ1n) is 15.6. The van der Waals surface area contributed by atoms with Gasteiger partial charge in [0.25, 0.3) is 5.01 Å². The predicted molar refractivity (Wildman–Crippen MR) is 190 cm³/mol. The zero-order chi connectivity index (χ0) is 31.5. The summed E-state index contributed by atoms with van der Waals surface area (Å²) in [7, 11) is 5.17. The standard InChI is InChI=1S/C38H41N2O3S2/c1-7-39-32-23-30(42-5)15-17-34(32)44-36(39)19-11-27-21-25(3)22-28(38(27)26-9-13-29(41-4)14-10-26)12-20-37-40(8-2)33-24-31(43-6)16-18-35(33)45-37/h9-20,23-25H,7-8,21-22H2,1-6H3/q+1. The van der Waals surface area contributed by atoms with E-state index >= 15 is 0 Å². The number of nitrogens with zero attached hydrogens (tertiary/aromatic N) is 2. The van der Waals surface area contributed by atoms with Crippen molar-refractivity contribution in [3.05, 3.63) is 106 Å². The maximum absolute atomic E-state index is 5.53. The van der Waals surface area contributed by atoms with Crippen LogP contribution in [-0.2, 0) is 6.54 Å². The average molecular weight is 638 g/mol. The summed E-state index contributed by atoms with van der Waals surface area (Å²) in [5, 5.41) is 2.48. The van der Waals surface area contributed by atoms with Gasteiger partial charge in [-0.2, -0.15) is 4.57 Å². The lowest BCUT2D eigenvalue weighted by Gasteiger charge is -2.27. The summed E-state index contributed by atoms with van der Waals surface area (Å²) in [5.74, 6) is 3.17. The first-order chi connectivity index (χ1) is 22.0. The van der Waals surface area contributed by atoms with Crippen LogP contribution >= 0.6 is 23.1 Å². The highest BCUT2D eigenvalue weighted by atomic mass is 32.2. The number of rotatable bonds is 9. The van der Waals surface area contributed by atoms with Gasteiger partial charge in [0, 0.05) is 23.6 Å². The molecule has 7 heteroatoms. The van der Waals surface area contributed by atoms with Crippen molar-refractivity contribution in [2.45, 2.75) is 45.1 Å². The van der Waals surface area contributed by atoms with Crippen LogP contribution in [0.1, 0.15) is 44.2 Å². The Hall–Kier alpha value is -3.94. The Morgan fingerprint density at radius 1 is 0.844 bits per heavy atom. The number of thioether (sulfide) groups is 1. The van der Waals surface area contributed by atoms with Crippen molar-refractivity contribution < 1.29 is 18.8 Å². The highest BCUT2D eigenvalue weighted by molar-refractivity contribution is 8.03. The number of thiazole rings is 1. The predicted octanol–water partition coefficient (Wildman–Crippen LogP) is 9.53. The van der Waals surface area contributed by atoms with Gasteiger partial charge in [0.15, 0.2) is 0 Å². The van der Waals surface area contributed by atoms with Crippen LogP contribution in [0.25, 0.3) is 21.9 Å². The Morgan fingerprint density at radius 3 is 2.27 bits per heavy atom. The van der Waals surface area contributed by atoms with Gasteiger partial charge in [-0.15, -0.1) is 0 Å². The monoisotopic (exact) mass is 637 g/mol. The van der Waals surface area contributed by atoms with Gasteiger partial charge in [0.2, 0.25) is 5.52 Å². The number of hydrogen-bond acceptors (Lipinski definition) is 6. The fourth-order valence-corrected chi connectivity index (χ4v) is 8.54. The van der Waals surface area contributed by atoms with Gasteiger partial charge in [-0.1, -0.05) is 54.3 Å². The molecule has 0 fully saturated rings. The SMILES string of the molecule is CCN1/C(=C/C=C2\CC(C)CC(/C=C/c3sc4ccc(OC)cc4[n+]3CC)=C2c2ccc(OC)cc2)Sc2ccc(OC)cc21. The minimum absolute atomic E-state index is 0.529. The minimum atomic E-state index is 0.529. The molecule has 1 aromatic heterocycles. The number of anilines is 1. The summed E-state index contributed by atoms with van der Waals surface area (Å²) in [6, 6.07) is 21.2. The van der Waals surface area contributed by atoms with Gasteiger partial charge in [-0.3, -0.25) is 0 Å². The fourth-order valence-electron chi connectivity index (χ4n) is 6.32. The van der Waals surface area contributed by atoms with Crippen molar-refractivity contribution in [2.24, 2.45) is 5.92 Å². The molecule has 1 unspecified atom stereocenters. The third-order valence-electron chi connectivity index (χ3n) is 8.52. The van der Waals surface area contributed by atoms with Crippen LogP contribution in [0.2, 0.25) is 0 Å². The molecule has 1 atom stereocenters. The molecule has 0 N–H and O–H groups in total. The van der Waals surface area contributed by atoms with Crippen molar-refractivity contribution in [2.75, 3.05) is 32.8 Å². The Labute approximate surface area is 275 Å². The molecule has 1 aliphatic carbocycles. The number of fused-ring (bicyclic) bond motifs is 2. The molecular formula is C38H41N2O3S2+. The van der Waals surface area contributed by atoms with Gasteiger partial charge in [0.1, 0.15) is 28.5 Å². The van der Waals surface area contributed by atoms with Crippen molar-refractivity contribution in [1.82, 2.24) is 0 Å². The van der Waals surface area contributed by atoms with Gasteiger partial charge >= 0.3 is 0 Å². The second-order valence-electron chi connectivity index (χ2n) is 11.4. The summed E-state index contributed by atoms with van der Waals surface area (Å²) < 4.78 is 20.2. The summed E-state index contributed by atoms with van der Waals surface area (Å²) >= 11 is 3.65. The molecule has 1 aliphatic heterocycles. The van der Waals surface area contributed by atoms with E-state index in [0.29, 0.717) is 5.92 Å². The van der Waals surface area contributed by atoms with Gasteiger partial charge in [-0.05, 0) is 97.4 Å². The number of hydrogen-bond donors (Lipinski definition) is 0. The highest BCUT2D eigenvalue weighted by Crippen LogP contribution is 2.48. The number of aromatic nitrogens is 1. The Bertz CT molecular complexity index is 1830. The maximum atomic E-state index is 5.53.